The fraction of sp³-hybridized carbons (Fsp3) is 0.182. The van der Waals surface area contributed by atoms with Gasteiger partial charge in [-0.05, 0) is 40.2 Å². The van der Waals surface area contributed by atoms with Crippen LogP contribution in [-0.4, -0.2) is 35.7 Å². The molecule has 0 unspecified atom stereocenters. The molecule has 1 aromatic rings. The quantitative estimate of drug-likeness (QED) is 0.626. The van der Waals surface area contributed by atoms with Gasteiger partial charge >= 0.3 is 5.97 Å². The number of nitrogens with zero attached hydrogens (tertiary/aromatic N) is 1. The zero-order valence-corrected chi connectivity index (χ0v) is 11.0. The number of ether oxygens (including phenoxy) is 1. The zero-order chi connectivity index (χ0) is 13.1. The average molecular weight is 283 g/mol. The Labute approximate surface area is 111 Å². The Balaban J connectivity index is 2.16. The molecule has 18 heavy (non-hydrogen) atoms. The first-order valence-corrected chi connectivity index (χ1v) is 6.72. The van der Waals surface area contributed by atoms with Crippen LogP contribution in [-0.2, 0) is 14.3 Å². The van der Waals surface area contributed by atoms with E-state index in [1.165, 1.54) is 18.4 Å². The zero-order valence-electron chi connectivity index (χ0n) is 9.41. The van der Waals surface area contributed by atoms with Crippen LogP contribution in [0, 0.1) is 0 Å². The summed E-state index contributed by atoms with van der Waals surface area (Å²) in [5, 5.41) is 3.30. The highest BCUT2D eigenvalue weighted by atomic mass is 32.2. The number of thioether (sulfide) groups is 1. The minimum absolute atomic E-state index is 0.322. The molecule has 0 aromatic carbocycles. The molecule has 0 saturated carbocycles. The largest absolute Gasteiger partial charge is 0.468 e. The lowest BCUT2D eigenvalue weighted by molar-refractivity contribution is -0.143. The second kappa shape index (κ2) is 5.36. The molecule has 1 saturated heterocycles. The minimum atomic E-state index is -0.617. The maximum absolute atomic E-state index is 11.9. The third-order valence-corrected chi connectivity index (χ3v) is 3.84. The molecule has 0 aliphatic carbocycles. The van der Waals surface area contributed by atoms with Gasteiger partial charge in [-0.15, -0.1) is 0 Å². The van der Waals surface area contributed by atoms with E-state index < -0.39 is 17.1 Å². The first-order chi connectivity index (χ1) is 8.61. The molecule has 1 aliphatic rings. The molecule has 5 nitrogen and oxygen atoms in total. The standard InChI is InChI=1S/C11H9NO4S2/c1-16-9(13)5-12-10(14)8(18-11(12)15)4-7-2-3-17-6-7/h2-4,6H,5H2,1H3. The Kier molecular flexibility index (Phi) is 3.83. The molecule has 2 rings (SSSR count). The summed E-state index contributed by atoms with van der Waals surface area (Å²) in [4.78, 5) is 35.8. The van der Waals surface area contributed by atoms with Crippen molar-refractivity contribution in [3.63, 3.8) is 0 Å². The monoisotopic (exact) mass is 283 g/mol. The van der Waals surface area contributed by atoms with Gasteiger partial charge in [-0.2, -0.15) is 11.3 Å². The molecule has 0 bridgehead atoms. The number of hydrogen-bond acceptors (Lipinski definition) is 6. The summed E-state index contributed by atoms with van der Waals surface area (Å²) in [6.07, 6.45) is 1.64. The van der Waals surface area contributed by atoms with Gasteiger partial charge in [0.25, 0.3) is 11.1 Å². The van der Waals surface area contributed by atoms with Gasteiger partial charge in [0.1, 0.15) is 6.54 Å². The Morgan fingerprint density at radius 1 is 1.50 bits per heavy atom. The number of carbonyl (C=O) groups excluding carboxylic acids is 3. The van der Waals surface area contributed by atoms with Crippen molar-refractivity contribution in [3.05, 3.63) is 27.3 Å². The van der Waals surface area contributed by atoms with Crippen LogP contribution in [0.5, 0.6) is 0 Å². The van der Waals surface area contributed by atoms with Crippen LogP contribution in [0.2, 0.25) is 0 Å². The SMILES string of the molecule is COC(=O)CN1C(=O)SC(=Cc2ccsc2)C1=O. The van der Waals surface area contributed by atoms with Gasteiger partial charge in [0.15, 0.2) is 0 Å². The molecule has 0 spiro atoms. The van der Waals surface area contributed by atoms with E-state index in [2.05, 4.69) is 4.74 Å². The van der Waals surface area contributed by atoms with Crippen LogP contribution in [0.1, 0.15) is 5.56 Å². The second-order valence-electron chi connectivity index (χ2n) is 3.40. The van der Waals surface area contributed by atoms with Crippen molar-refractivity contribution in [3.8, 4) is 0 Å². The molecule has 94 valence electrons. The van der Waals surface area contributed by atoms with Crippen LogP contribution in [0.3, 0.4) is 0 Å². The minimum Gasteiger partial charge on any atom is -0.468 e. The fourth-order valence-corrected chi connectivity index (χ4v) is 2.79. The summed E-state index contributed by atoms with van der Waals surface area (Å²) >= 11 is 2.33. The van der Waals surface area contributed by atoms with Gasteiger partial charge in [-0.3, -0.25) is 19.3 Å². The van der Waals surface area contributed by atoms with Crippen molar-refractivity contribution in [1.29, 1.82) is 0 Å². The molecule has 0 radical (unpaired) electrons. The molecule has 7 heteroatoms. The van der Waals surface area contributed by atoms with Crippen LogP contribution in [0.4, 0.5) is 4.79 Å². The van der Waals surface area contributed by atoms with Crippen LogP contribution in [0.25, 0.3) is 6.08 Å². The van der Waals surface area contributed by atoms with Gasteiger partial charge in [0, 0.05) is 0 Å². The number of carbonyl (C=O) groups is 3. The number of esters is 1. The van der Waals surface area contributed by atoms with E-state index >= 15 is 0 Å². The number of hydrogen-bond donors (Lipinski definition) is 0. The third kappa shape index (κ3) is 2.62. The Bertz CT molecular complexity index is 521. The summed E-state index contributed by atoms with van der Waals surface area (Å²) in [6.45, 7) is -0.345. The Hall–Kier alpha value is -1.60. The van der Waals surface area contributed by atoms with E-state index in [9.17, 15) is 14.4 Å². The summed E-state index contributed by atoms with van der Waals surface area (Å²) < 4.78 is 4.44. The Morgan fingerprint density at radius 3 is 2.89 bits per heavy atom. The lowest BCUT2D eigenvalue weighted by Gasteiger charge is -2.09. The normalized spacial score (nSPS) is 17.6. The summed E-state index contributed by atoms with van der Waals surface area (Å²) in [7, 11) is 1.21. The number of methoxy groups -OCH3 is 1. The maximum atomic E-state index is 11.9. The highest BCUT2D eigenvalue weighted by Crippen LogP contribution is 2.32. The molecule has 1 aliphatic heterocycles. The van der Waals surface area contributed by atoms with E-state index in [1.54, 1.807) is 6.08 Å². The predicted octanol–water partition coefficient (Wildman–Crippen LogP) is 1.96. The molecule has 2 heterocycles. The number of imide groups is 1. The van der Waals surface area contributed by atoms with Crippen molar-refractivity contribution in [1.82, 2.24) is 4.90 Å². The molecule has 1 fully saturated rings. The number of thiophene rings is 1. The highest BCUT2D eigenvalue weighted by Gasteiger charge is 2.36. The van der Waals surface area contributed by atoms with Crippen LogP contribution < -0.4 is 0 Å². The molecule has 0 atom stereocenters. The van der Waals surface area contributed by atoms with E-state index in [1.807, 2.05) is 16.8 Å². The van der Waals surface area contributed by atoms with Crippen molar-refractivity contribution >= 4 is 46.3 Å². The molecule has 2 amide bonds. The third-order valence-electron chi connectivity index (χ3n) is 2.23. The van der Waals surface area contributed by atoms with Gasteiger partial charge < -0.3 is 4.74 Å². The molecule has 0 N–H and O–H groups in total. The van der Waals surface area contributed by atoms with E-state index in [-0.39, 0.29) is 6.54 Å². The van der Waals surface area contributed by atoms with Crippen LogP contribution in [0.15, 0.2) is 21.7 Å². The first-order valence-electron chi connectivity index (χ1n) is 4.96. The van der Waals surface area contributed by atoms with Gasteiger partial charge in [0.05, 0.1) is 12.0 Å². The summed E-state index contributed by atoms with van der Waals surface area (Å²) in [6, 6.07) is 1.85. The van der Waals surface area contributed by atoms with E-state index in [0.717, 1.165) is 22.2 Å². The van der Waals surface area contributed by atoms with Gasteiger partial charge in [0.2, 0.25) is 0 Å². The van der Waals surface area contributed by atoms with Crippen molar-refractivity contribution < 1.29 is 19.1 Å². The van der Waals surface area contributed by atoms with E-state index in [0.29, 0.717) is 4.91 Å². The topological polar surface area (TPSA) is 63.7 Å². The number of rotatable bonds is 3. The lowest BCUT2D eigenvalue weighted by atomic mass is 10.3. The second-order valence-corrected chi connectivity index (χ2v) is 5.17. The maximum Gasteiger partial charge on any atom is 0.325 e. The number of amides is 2. The molecule has 1 aromatic heterocycles. The van der Waals surface area contributed by atoms with Crippen molar-refractivity contribution in [2.24, 2.45) is 0 Å². The highest BCUT2D eigenvalue weighted by molar-refractivity contribution is 8.18. The fourth-order valence-electron chi connectivity index (χ4n) is 1.34. The van der Waals surface area contributed by atoms with E-state index in [4.69, 9.17) is 0 Å². The summed E-state index contributed by atoms with van der Waals surface area (Å²) in [5.74, 6) is -1.07. The smallest absolute Gasteiger partial charge is 0.325 e. The lowest BCUT2D eigenvalue weighted by Crippen LogP contribution is -2.34. The van der Waals surface area contributed by atoms with Gasteiger partial charge in [-0.1, -0.05) is 0 Å². The summed E-state index contributed by atoms with van der Waals surface area (Å²) in [5.41, 5.74) is 0.864. The Morgan fingerprint density at radius 2 is 2.28 bits per heavy atom. The first kappa shape index (κ1) is 12.8. The molecular weight excluding hydrogens is 274 g/mol. The average Bonchev–Trinajstić information content (AvgIpc) is 2.94. The van der Waals surface area contributed by atoms with Gasteiger partial charge in [-0.25, -0.2) is 0 Å². The van der Waals surface area contributed by atoms with Crippen molar-refractivity contribution in [2.45, 2.75) is 0 Å². The predicted molar refractivity (Wildman–Crippen MR) is 69.0 cm³/mol. The van der Waals surface area contributed by atoms with Crippen molar-refractivity contribution in [2.75, 3.05) is 13.7 Å². The molecular formula is C11H9NO4S2. The van der Waals surface area contributed by atoms with Crippen LogP contribution >= 0.6 is 23.1 Å².